The minimum atomic E-state index is -1.92. The molecule has 1 unspecified atom stereocenters. The lowest BCUT2D eigenvalue weighted by Crippen LogP contribution is -2.76. The molecular formula is C19H33NO4SSi. The summed E-state index contributed by atoms with van der Waals surface area (Å²) >= 11 is 1.51. The number of hydrogen-bond donors (Lipinski definition) is 0. The lowest BCUT2D eigenvalue weighted by atomic mass is 9.83. The number of nitrogens with zero attached hydrogens (tertiary/aromatic N) is 1. The zero-order chi connectivity index (χ0) is 19.8. The van der Waals surface area contributed by atoms with Gasteiger partial charge in [0, 0.05) is 0 Å². The van der Waals surface area contributed by atoms with Crippen molar-refractivity contribution in [1.82, 2.24) is 0 Å². The van der Waals surface area contributed by atoms with Crippen LogP contribution in [-0.2, 0) is 9.16 Å². The van der Waals surface area contributed by atoms with Crippen LogP contribution in [0, 0.1) is 5.21 Å². The fourth-order valence-corrected chi connectivity index (χ4v) is 8.10. The van der Waals surface area contributed by atoms with Crippen LogP contribution >= 0.6 is 11.3 Å². The van der Waals surface area contributed by atoms with E-state index in [0.717, 1.165) is 23.0 Å². The highest BCUT2D eigenvalue weighted by Gasteiger charge is 2.66. The Morgan fingerprint density at radius 2 is 1.92 bits per heavy atom. The maximum atomic E-state index is 13.5. The van der Waals surface area contributed by atoms with Crippen molar-refractivity contribution in [2.45, 2.75) is 83.8 Å². The number of hydroxylamine groups is 3. The van der Waals surface area contributed by atoms with Crippen LogP contribution in [0.25, 0.3) is 0 Å². The quantitative estimate of drug-likeness (QED) is 0.343. The van der Waals surface area contributed by atoms with Gasteiger partial charge in [0.25, 0.3) is 0 Å². The van der Waals surface area contributed by atoms with Crippen LogP contribution in [0.15, 0.2) is 17.5 Å². The number of ether oxygens (including phenoxy) is 1. The van der Waals surface area contributed by atoms with Gasteiger partial charge in [0.2, 0.25) is 0 Å². The molecule has 0 bridgehead atoms. The van der Waals surface area contributed by atoms with E-state index in [2.05, 4.69) is 20.8 Å². The zero-order valence-corrected chi connectivity index (χ0v) is 18.9. The van der Waals surface area contributed by atoms with E-state index in [4.69, 9.17) is 9.16 Å². The first-order valence-corrected chi connectivity index (χ1v) is 12.9. The molecule has 1 aliphatic rings. The number of hydrogen-bond acceptors (Lipinski definition) is 5. The average molecular weight is 400 g/mol. The standard InChI is InChI=1S/C19H33NO4SSi/c1-8-26(9-2,10-3)24-19(7)14-20(22,17(21)23-18(4,5)6)16(19)15-12-11-13-25-15/h11-13,16H,8-10,14H2,1-7H3/t16-,19-,20?/m1/s1. The van der Waals surface area contributed by atoms with Gasteiger partial charge in [0.1, 0.15) is 12.1 Å². The van der Waals surface area contributed by atoms with Crippen molar-refractivity contribution >= 4 is 25.7 Å². The highest BCUT2D eigenvalue weighted by Crippen LogP contribution is 2.54. The molecule has 1 aliphatic heterocycles. The Hall–Kier alpha value is -0.733. The van der Waals surface area contributed by atoms with Crippen LogP contribution in [0.2, 0.25) is 18.1 Å². The smallest absolute Gasteiger partial charge is 0.517 e. The van der Waals surface area contributed by atoms with E-state index in [-0.39, 0.29) is 6.54 Å². The van der Waals surface area contributed by atoms with Crippen molar-refractivity contribution in [3.63, 3.8) is 0 Å². The molecule has 7 heteroatoms. The molecule has 1 fully saturated rings. The number of carbonyl (C=O) groups excluding carboxylic acids is 1. The maximum absolute atomic E-state index is 13.5. The molecule has 26 heavy (non-hydrogen) atoms. The van der Waals surface area contributed by atoms with Crippen LogP contribution in [0.4, 0.5) is 4.79 Å². The van der Waals surface area contributed by atoms with Gasteiger partial charge in [0.05, 0.1) is 4.88 Å². The summed E-state index contributed by atoms with van der Waals surface area (Å²) in [5, 5.41) is 15.5. The number of quaternary nitrogens is 1. The lowest BCUT2D eigenvalue weighted by Gasteiger charge is -2.63. The number of thiophene rings is 1. The van der Waals surface area contributed by atoms with Gasteiger partial charge in [0.15, 0.2) is 20.0 Å². The second-order valence-corrected chi connectivity index (χ2v) is 14.2. The highest BCUT2D eigenvalue weighted by molar-refractivity contribution is 7.10. The molecule has 0 N–H and O–H groups in total. The summed E-state index contributed by atoms with van der Waals surface area (Å²) in [4.78, 5) is 13.6. The third-order valence-electron chi connectivity index (χ3n) is 5.44. The number of amides is 1. The van der Waals surface area contributed by atoms with Crippen LogP contribution in [-0.4, -0.2) is 36.8 Å². The van der Waals surface area contributed by atoms with E-state index >= 15 is 0 Å². The van der Waals surface area contributed by atoms with Crippen molar-refractivity contribution in [2.24, 2.45) is 0 Å². The van der Waals surface area contributed by atoms with Crippen LogP contribution in [0.3, 0.4) is 0 Å². The maximum Gasteiger partial charge on any atom is 0.517 e. The largest absolute Gasteiger partial charge is 0.622 e. The first-order chi connectivity index (χ1) is 12.0. The molecule has 2 rings (SSSR count). The Balaban J connectivity index is 2.37. The SMILES string of the molecule is CC[Si](CC)(CC)O[C@]1(C)C[N+]([O-])(C(=O)OC(C)(C)C)[C@@H]1c1cccs1. The van der Waals surface area contributed by atoms with E-state index in [0.29, 0.717) is 0 Å². The summed E-state index contributed by atoms with van der Waals surface area (Å²) in [6.45, 7) is 14.0. The van der Waals surface area contributed by atoms with E-state index in [1.54, 1.807) is 20.8 Å². The summed E-state index contributed by atoms with van der Waals surface area (Å²) in [6, 6.07) is 6.32. The first-order valence-electron chi connectivity index (χ1n) is 9.51. The Bertz CT molecular complexity index is 618. The molecular weight excluding hydrogens is 366 g/mol. The monoisotopic (exact) mass is 399 g/mol. The van der Waals surface area contributed by atoms with Gasteiger partial charge in [-0.3, -0.25) is 0 Å². The van der Waals surface area contributed by atoms with E-state index in [1.807, 2.05) is 24.4 Å². The predicted molar refractivity (Wildman–Crippen MR) is 108 cm³/mol. The Kier molecular flexibility index (Phi) is 6.10. The van der Waals surface area contributed by atoms with Gasteiger partial charge >= 0.3 is 6.09 Å². The van der Waals surface area contributed by atoms with Gasteiger partial charge in [-0.2, -0.15) is 4.79 Å². The topological polar surface area (TPSA) is 58.6 Å². The fraction of sp³-hybridized carbons (Fsp3) is 0.737. The summed E-state index contributed by atoms with van der Waals surface area (Å²) in [5.41, 5.74) is -1.31. The zero-order valence-electron chi connectivity index (χ0n) is 17.1. The van der Waals surface area contributed by atoms with Crippen LogP contribution in [0.5, 0.6) is 0 Å². The highest BCUT2D eigenvalue weighted by atomic mass is 32.1. The van der Waals surface area contributed by atoms with Crippen molar-refractivity contribution in [3.05, 3.63) is 27.6 Å². The lowest BCUT2D eigenvalue weighted by molar-refractivity contribution is -0.908. The summed E-state index contributed by atoms with van der Waals surface area (Å²) in [5.74, 6) is 0. The molecule has 0 aromatic carbocycles. The molecule has 0 spiro atoms. The molecule has 0 saturated carbocycles. The molecule has 3 atom stereocenters. The Labute approximate surface area is 162 Å². The summed E-state index contributed by atoms with van der Waals surface area (Å²) in [6.07, 6.45) is -0.714. The second-order valence-electron chi connectivity index (χ2n) is 8.51. The second kappa shape index (κ2) is 7.35. The van der Waals surface area contributed by atoms with E-state index < -0.39 is 36.3 Å². The molecule has 0 aliphatic carbocycles. The molecule has 1 amide bonds. The number of likely N-dealkylation sites (tertiary alicyclic amines) is 1. The molecule has 2 heterocycles. The number of carbonyl (C=O) groups is 1. The van der Waals surface area contributed by atoms with Gasteiger partial charge in [-0.1, -0.05) is 26.8 Å². The third kappa shape index (κ3) is 3.92. The van der Waals surface area contributed by atoms with Gasteiger partial charge in [-0.15, -0.1) is 11.3 Å². The van der Waals surface area contributed by atoms with E-state index in [1.165, 1.54) is 11.3 Å². The molecule has 1 saturated heterocycles. The van der Waals surface area contributed by atoms with Crippen LogP contribution < -0.4 is 0 Å². The van der Waals surface area contributed by atoms with Crippen molar-refractivity contribution in [1.29, 1.82) is 0 Å². The predicted octanol–water partition coefficient (Wildman–Crippen LogP) is 5.83. The molecule has 148 valence electrons. The van der Waals surface area contributed by atoms with Gasteiger partial charge < -0.3 is 14.4 Å². The Morgan fingerprint density at radius 3 is 2.35 bits per heavy atom. The van der Waals surface area contributed by atoms with Crippen molar-refractivity contribution in [2.75, 3.05) is 6.54 Å². The molecule has 5 nitrogen and oxygen atoms in total. The minimum absolute atomic E-state index is 0.110. The molecule has 1 aromatic heterocycles. The summed E-state index contributed by atoms with van der Waals surface area (Å²) in [7, 11) is -1.92. The minimum Gasteiger partial charge on any atom is -0.622 e. The van der Waals surface area contributed by atoms with E-state index in [9.17, 15) is 10.0 Å². The van der Waals surface area contributed by atoms with Gasteiger partial charge in [-0.05, 0) is 57.3 Å². The average Bonchev–Trinajstić information content (AvgIpc) is 3.03. The third-order valence-corrected chi connectivity index (χ3v) is 11.1. The molecule has 0 radical (unpaired) electrons. The van der Waals surface area contributed by atoms with Crippen LogP contribution in [0.1, 0.15) is 59.4 Å². The van der Waals surface area contributed by atoms with Crippen molar-refractivity contribution in [3.8, 4) is 0 Å². The fourth-order valence-electron chi connectivity index (χ4n) is 3.98. The summed E-state index contributed by atoms with van der Waals surface area (Å²) < 4.78 is 11.2. The normalized spacial score (nSPS) is 29.3. The van der Waals surface area contributed by atoms with Crippen molar-refractivity contribution < 1.29 is 18.6 Å². The van der Waals surface area contributed by atoms with Gasteiger partial charge in [-0.25, -0.2) is 4.65 Å². The number of rotatable bonds is 6. The first kappa shape index (κ1) is 21.6. The molecule has 1 aromatic rings. The Morgan fingerprint density at radius 1 is 1.35 bits per heavy atom.